The van der Waals surface area contributed by atoms with E-state index in [1.807, 2.05) is 0 Å². The molecule has 1 heterocycles. The van der Waals surface area contributed by atoms with E-state index in [-0.39, 0.29) is 11.3 Å². The molecule has 3 heteroatoms. The second-order valence-electron chi connectivity index (χ2n) is 5.73. The zero-order valence-electron chi connectivity index (χ0n) is 10.4. The molecule has 0 aromatic rings. The molecule has 0 bridgehead atoms. The van der Waals surface area contributed by atoms with Crippen LogP contribution < -0.4 is 0 Å². The van der Waals surface area contributed by atoms with Gasteiger partial charge in [0.05, 0.1) is 4.08 Å². The quantitative estimate of drug-likeness (QED) is 0.530. The van der Waals surface area contributed by atoms with Gasteiger partial charge in [0.1, 0.15) is 6.29 Å². The van der Waals surface area contributed by atoms with Crippen LogP contribution in [0.25, 0.3) is 0 Å². The van der Waals surface area contributed by atoms with Crippen LogP contribution in [0, 0.1) is 11.3 Å². The Morgan fingerprint density at radius 1 is 1.35 bits per heavy atom. The predicted octanol–water partition coefficient (Wildman–Crippen LogP) is 3.89. The first kappa shape index (κ1) is 12.2. The smallest absolute Gasteiger partial charge is 0.123 e. The summed E-state index contributed by atoms with van der Waals surface area (Å²) in [5.41, 5.74) is 1.78. The highest BCUT2D eigenvalue weighted by Crippen LogP contribution is 2.59. The molecule has 0 aromatic heterocycles. The Labute approximate surface area is 112 Å². The number of carbonyl (C=O) groups is 1. The van der Waals surface area contributed by atoms with Crippen molar-refractivity contribution in [1.82, 2.24) is 0 Å². The van der Waals surface area contributed by atoms with Gasteiger partial charge in [-0.05, 0) is 37.5 Å². The molecule has 1 saturated heterocycles. The van der Waals surface area contributed by atoms with Gasteiger partial charge < -0.3 is 4.79 Å². The van der Waals surface area contributed by atoms with Crippen LogP contribution in [0.15, 0.2) is 11.6 Å². The maximum absolute atomic E-state index is 11.3. The molecule has 0 unspecified atom stereocenters. The number of hydrogen-bond acceptors (Lipinski definition) is 3. The lowest BCUT2D eigenvalue weighted by Gasteiger charge is -2.47. The summed E-state index contributed by atoms with van der Waals surface area (Å²) in [6, 6.07) is 0. The normalized spacial score (nSPS) is 39.8. The van der Waals surface area contributed by atoms with Crippen molar-refractivity contribution in [3.8, 4) is 0 Å². The second kappa shape index (κ2) is 4.34. The molecule has 1 aliphatic heterocycles. The van der Waals surface area contributed by atoms with Gasteiger partial charge in [-0.3, -0.25) is 0 Å². The lowest BCUT2D eigenvalue weighted by molar-refractivity contribution is -0.115. The lowest BCUT2D eigenvalue weighted by Crippen LogP contribution is -2.39. The second-order valence-corrected chi connectivity index (χ2v) is 8.84. The Hall–Kier alpha value is 0.110. The van der Waals surface area contributed by atoms with Gasteiger partial charge in [0.25, 0.3) is 0 Å². The summed E-state index contributed by atoms with van der Waals surface area (Å²) in [6.45, 7) is 2.33. The molecule has 0 aromatic carbocycles. The SMILES string of the molecule is C[C@]12CCC3(C=C1CCC[C@@H]2C=O)SCCS3. The molecule has 1 saturated carbocycles. The summed E-state index contributed by atoms with van der Waals surface area (Å²) in [4.78, 5) is 11.3. The molecule has 2 fully saturated rings. The molecular formula is C14H20OS2. The molecular weight excluding hydrogens is 248 g/mol. The van der Waals surface area contributed by atoms with Gasteiger partial charge in [-0.1, -0.05) is 18.6 Å². The maximum atomic E-state index is 11.3. The minimum Gasteiger partial charge on any atom is -0.303 e. The first-order valence-corrected chi connectivity index (χ1v) is 8.61. The van der Waals surface area contributed by atoms with Crippen LogP contribution in [0.3, 0.4) is 0 Å². The van der Waals surface area contributed by atoms with Gasteiger partial charge in [-0.2, -0.15) is 0 Å². The number of allylic oxidation sites excluding steroid dienone is 1. The molecule has 3 aliphatic rings. The minimum atomic E-state index is 0.189. The highest BCUT2D eigenvalue weighted by molar-refractivity contribution is 8.21. The average Bonchev–Trinajstić information content (AvgIpc) is 2.78. The van der Waals surface area contributed by atoms with E-state index in [9.17, 15) is 4.79 Å². The Balaban J connectivity index is 1.94. The van der Waals surface area contributed by atoms with Gasteiger partial charge in [0.2, 0.25) is 0 Å². The van der Waals surface area contributed by atoms with Crippen LogP contribution in [0.4, 0.5) is 0 Å². The summed E-state index contributed by atoms with van der Waals surface area (Å²) in [6.07, 6.45) is 9.77. The number of carbonyl (C=O) groups excluding carboxylic acids is 1. The molecule has 2 aliphatic carbocycles. The van der Waals surface area contributed by atoms with E-state index >= 15 is 0 Å². The fourth-order valence-electron chi connectivity index (χ4n) is 3.63. The van der Waals surface area contributed by atoms with Crippen molar-refractivity contribution in [2.24, 2.45) is 11.3 Å². The summed E-state index contributed by atoms with van der Waals surface area (Å²) in [7, 11) is 0. The van der Waals surface area contributed by atoms with Gasteiger partial charge >= 0.3 is 0 Å². The predicted molar refractivity (Wildman–Crippen MR) is 76.5 cm³/mol. The molecule has 17 heavy (non-hydrogen) atoms. The largest absolute Gasteiger partial charge is 0.303 e. The Kier molecular flexibility index (Phi) is 3.10. The zero-order valence-corrected chi connectivity index (χ0v) is 12.0. The van der Waals surface area contributed by atoms with Gasteiger partial charge in [-0.15, -0.1) is 23.5 Å². The molecule has 2 atom stereocenters. The fraction of sp³-hybridized carbons (Fsp3) is 0.786. The van der Waals surface area contributed by atoms with Crippen molar-refractivity contribution in [3.63, 3.8) is 0 Å². The number of aldehydes is 1. The topological polar surface area (TPSA) is 17.1 Å². The van der Waals surface area contributed by atoms with Crippen molar-refractivity contribution >= 4 is 29.8 Å². The van der Waals surface area contributed by atoms with Gasteiger partial charge in [0.15, 0.2) is 0 Å². The Morgan fingerprint density at radius 3 is 2.82 bits per heavy atom. The molecule has 3 rings (SSSR count). The number of thioether (sulfide) groups is 2. The summed E-state index contributed by atoms with van der Waals surface area (Å²) < 4.78 is 0.375. The van der Waals surface area contributed by atoms with E-state index in [4.69, 9.17) is 0 Å². The molecule has 94 valence electrons. The monoisotopic (exact) mass is 268 g/mol. The Morgan fingerprint density at radius 2 is 2.12 bits per heavy atom. The third-order valence-corrected chi connectivity index (χ3v) is 8.24. The molecule has 1 nitrogen and oxygen atoms in total. The number of rotatable bonds is 1. The van der Waals surface area contributed by atoms with Crippen molar-refractivity contribution in [3.05, 3.63) is 11.6 Å². The van der Waals surface area contributed by atoms with Crippen LogP contribution in [0.5, 0.6) is 0 Å². The van der Waals surface area contributed by atoms with E-state index in [0.717, 1.165) is 6.42 Å². The lowest BCUT2D eigenvalue weighted by atomic mass is 9.60. The van der Waals surface area contributed by atoms with Crippen LogP contribution in [0.1, 0.15) is 39.0 Å². The van der Waals surface area contributed by atoms with Gasteiger partial charge in [0, 0.05) is 17.4 Å². The number of fused-ring (bicyclic) bond motifs is 1. The van der Waals surface area contributed by atoms with Crippen molar-refractivity contribution in [1.29, 1.82) is 0 Å². The summed E-state index contributed by atoms with van der Waals surface area (Å²) >= 11 is 4.25. The summed E-state index contributed by atoms with van der Waals surface area (Å²) in [5, 5.41) is 0. The van der Waals surface area contributed by atoms with Crippen molar-refractivity contribution in [2.45, 2.75) is 43.1 Å². The maximum Gasteiger partial charge on any atom is 0.123 e. The van der Waals surface area contributed by atoms with Crippen LogP contribution in [-0.2, 0) is 4.79 Å². The van der Waals surface area contributed by atoms with Crippen molar-refractivity contribution < 1.29 is 4.79 Å². The van der Waals surface area contributed by atoms with Crippen molar-refractivity contribution in [2.75, 3.05) is 11.5 Å². The van der Waals surface area contributed by atoms with Crippen LogP contribution in [-0.4, -0.2) is 21.9 Å². The van der Waals surface area contributed by atoms with E-state index in [2.05, 4.69) is 36.5 Å². The first-order chi connectivity index (χ1) is 8.19. The van der Waals surface area contributed by atoms with E-state index in [1.165, 1.54) is 43.5 Å². The highest BCUT2D eigenvalue weighted by atomic mass is 32.2. The van der Waals surface area contributed by atoms with E-state index in [0.29, 0.717) is 4.08 Å². The third-order valence-electron chi connectivity index (χ3n) is 4.84. The molecule has 0 amide bonds. The van der Waals surface area contributed by atoms with Gasteiger partial charge in [-0.25, -0.2) is 0 Å². The first-order valence-electron chi connectivity index (χ1n) is 6.64. The fourth-order valence-corrected chi connectivity index (χ4v) is 6.76. The summed E-state index contributed by atoms with van der Waals surface area (Å²) in [5.74, 6) is 2.86. The van der Waals surface area contributed by atoms with Crippen LogP contribution in [0.2, 0.25) is 0 Å². The average molecular weight is 268 g/mol. The highest BCUT2D eigenvalue weighted by Gasteiger charge is 2.47. The van der Waals surface area contributed by atoms with E-state index in [1.54, 1.807) is 5.57 Å². The molecule has 1 spiro atoms. The molecule has 0 N–H and O–H groups in total. The zero-order chi connectivity index (χ0) is 11.9. The Bertz CT molecular complexity index is 357. The standard InChI is InChI=1S/C14H20OS2/c1-13-5-6-14(16-7-8-17-14)9-11(13)3-2-4-12(13)10-15/h9-10,12H,2-8H2,1H3/t12-,13+/m1/s1. The molecule has 0 radical (unpaired) electrons. The number of hydrogen-bond donors (Lipinski definition) is 0. The minimum absolute atomic E-state index is 0.189. The van der Waals surface area contributed by atoms with Crippen LogP contribution >= 0.6 is 23.5 Å². The third kappa shape index (κ3) is 1.90. The van der Waals surface area contributed by atoms with E-state index < -0.39 is 0 Å².